The number of para-hydroxylation sites is 1. The third-order valence-electron chi connectivity index (χ3n) is 10.2. The fourth-order valence-electron chi connectivity index (χ4n) is 7.36. The zero-order valence-electron chi connectivity index (χ0n) is 33.6. The number of carbonyl (C=O) groups excluding carboxylic acids is 1. The van der Waals surface area contributed by atoms with Crippen LogP contribution in [-0.2, 0) is 9.84 Å². The Morgan fingerprint density at radius 1 is 0.966 bits per heavy atom. The van der Waals surface area contributed by atoms with Gasteiger partial charge in [-0.15, -0.1) is 0 Å². The van der Waals surface area contributed by atoms with Crippen LogP contribution < -0.4 is 25.0 Å². The van der Waals surface area contributed by atoms with Gasteiger partial charge in [-0.05, 0) is 113 Å². The van der Waals surface area contributed by atoms with E-state index in [0.29, 0.717) is 64.6 Å². The molecule has 2 N–H and O–H groups in total. The fraction of sp³-hybridized carbons (Fsp3) is 0.318. The van der Waals surface area contributed by atoms with Gasteiger partial charge in [0.1, 0.15) is 44.3 Å². The third kappa shape index (κ3) is 9.46. The minimum absolute atomic E-state index is 0.0606. The maximum absolute atomic E-state index is 14.6. The first kappa shape index (κ1) is 41.1. The zero-order valence-corrected chi connectivity index (χ0v) is 34.4. The van der Waals surface area contributed by atoms with Crippen molar-refractivity contribution < 1.29 is 31.5 Å². The van der Waals surface area contributed by atoms with Crippen molar-refractivity contribution in [3.63, 3.8) is 0 Å². The molecule has 1 aliphatic heterocycles. The number of carbonyl (C=O) groups is 1. The van der Waals surface area contributed by atoms with Crippen LogP contribution in [0, 0.1) is 24.5 Å². The molecule has 6 aromatic rings. The van der Waals surface area contributed by atoms with Crippen LogP contribution in [0.4, 0.5) is 31.8 Å². The summed E-state index contributed by atoms with van der Waals surface area (Å²) in [5, 5.41) is 5.76. The lowest BCUT2D eigenvalue weighted by Gasteiger charge is -2.35. The van der Waals surface area contributed by atoms with Crippen LogP contribution in [0.5, 0.6) is 11.5 Å². The van der Waals surface area contributed by atoms with E-state index in [1.165, 1.54) is 12.3 Å². The molecule has 0 bridgehead atoms. The fourth-order valence-corrected chi connectivity index (χ4v) is 8.12. The zero-order chi connectivity index (χ0) is 41.8. The molecule has 0 unspecified atom stereocenters. The highest BCUT2D eigenvalue weighted by molar-refractivity contribution is 7.90. The average molecular weight is 824 g/mol. The average Bonchev–Trinajstić information content (AvgIpc) is 3.59. The Kier molecular flexibility index (Phi) is 12.1. The van der Waals surface area contributed by atoms with Crippen molar-refractivity contribution in [1.29, 1.82) is 0 Å². The van der Waals surface area contributed by atoms with Crippen LogP contribution in [0.3, 0.4) is 0 Å². The molecular formula is C44H47F2N7O5S. The number of nitrogens with zero attached hydrogens (tertiary/aromatic N) is 5. The number of aryl methyl sites for hydroxylation is 1. The number of sulfone groups is 1. The van der Waals surface area contributed by atoms with E-state index >= 15 is 0 Å². The van der Waals surface area contributed by atoms with Crippen molar-refractivity contribution >= 4 is 44.4 Å². The molecule has 1 amide bonds. The first-order chi connectivity index (χ1) is 28.3. The number of hydrogen-bond acceptors (Lipinski definition) is 10. The molecule has 0 aliphatic carbocycles. The molecular weight excluding hydrogens is 777 g/mol. The highest BCUT2D eigenvalue weighted by atomic mass is 32.2. The minimum Gasteiger partial charge on any atom is -0.492 e. The number of amides is 1. The SMILES string of the molecule is CCOc1cc(N2CCC(CCS(C)(=O)=O)CC2)c(C)cc1Nc1nccc(-c2c(-c3ccc(OC(C)C)c(C(=O)Nc4c(F)cccc4F)c3)nc3ccccn23)n1. The maximum atomic E-state index is 14.6. The lowest BCUT2D eigenvalue weighted by atomic mass is 9.93. The van der Waals surface area contributed by atoms with Gasteiger partial charge >= 0.3 is 0 Å². The number of pyridine rings is 1. The summed E-state index contributed by atoms with van der Waals surface area (Å²) >= 11 is 0. The normalized spacial score (nSPS) is 13.5. The van der Waals surface area contributed by atoms with E-state index in [4.69, 9.17) is 19.4 Å². The Bertz CT molecular complexity index is 2590. The predicted molar refractivity (Wildman–Crippen MR) is 227 cm³/mol. The van der Waals surface area contributed by atoms with Crippen LogP contribution in [0.2, 0.25) is 0 Å². The quantitative estimate of drug-likeness (QED) is 0.110. The number of hydrogen-bond donors (Lipinski definition) is 2. The largest absolute Gasteiger partial charge is 0.492 e. The van der Waals surface area contributed by atoms with E-state index in [2.05, 4.69) is 20.5 Å². The van der Waals surface area contributed by atoms with E-state index in [9.17, 15) is 22.0 Å². The summed E-state index contributed by atoms with van der Waals surface area (Å²) < 4.78 is 66.7. The minimum atomic E-state index is -2.99. The van der Waals surface area contributed by atoms with Crippen LogP contribution >= 0.6 is 0 Å². The Hall–Kier alpha value is -6.09. The molecule has 1 saturated heterocycles. The third-order valence-corrected chi connectivity index (χ3v) is 11.2. The van der Waals surface area contributed by atoms with Gasteiger partial charge in [0.25, 0.3) is 5.91 Å². The summed E-state index contributed by atoms with van der Waals surface area (Å²) in [6.07, 6.45) is 7.04. The lowest BCUT2D eigenvalue weighted by molar-refractivity contribution is 0.102. The van der Waals surface area contributed by atoms with Gasteiger partial charge in [0, 0.05) is 49.1 Å². The van der Waals surface area contributed by atoms with Crippen molar-refractivity contribution in [2.24, 2.45) is 5.92 Å². The van der Waals surface area contributed by atoms with Crippen molar-refractivity contribution in [3.8, 4) is 34.1 Å². The molecule has 0 atom stereocenters. The number of aromatic nitrogens is 4. The summed E-state index contributed by atoms with van der Waals surface area (Å²) in [6, 6.07) is 19.8. The first-order valence-corrected chi connectivity index (χ1v) is 21.7. The van der Waals surface area contributed by atoms with E-state index in [1.807, 2.05) is 68.6 Å². The monoisotopic (exact) mass is 823 g/mol. The second-order valence-corrected chi connectivity index (χ2v) is 17.2. The maximum Gasteiger partial charge on any atom is 0.259 e. The van der Waals surface area contributed by atoms with Crippen molar-refractivity contribution in [3.05, 3.63) is 108 Å². The number of anilines is 4. The van der Waals surface area contributed by atoms with E-state index in [-0.39, 0.29) is 23.2 Å². The van der Waals surface area contributed by atoms with E-state index < -0.39 is 33.1 Å². The van der Waals surface area contributed by atoms with Gasteiger partial charge in [0.2, 0.25) is 5.95 Å². The molecule has 59 heavy (non-hydrogen) atoms. The van der Waals surface area contributed by atoms with Crippen molar-refractivity contribution in [1.82, 2.24) is 19.4 Å². The van der Waals surface area contributed by atoms with Crippen LogP contribution in [-0.4, -0.2) is 71.5 Å². The molecule has 3 aromatic heterocycles. The van der Waals surface area contributed by atoms with Gasteiger partial charge in [-0.2, -0.15) is 0 Å². The molecule has 3 aromatic carbocycles. The number of piperidine rings is 1. The van der Waals surface area contributed by atoms with E-state index in [1.54, 1.807) is 30.5 Å². The summed E-state index contributed by atoms with van der Waals surface area (Å²) in [4.78, 5) is 30.5. The Labute approximate surface area is 342 Å². The molecule has 0 saturated carbocycles. The Morgan fingerprint density at radius 3 is 2.44 bits per heavy atom. The van der Waals surface area contributed by atoms with Gasteiger partial charge in [-0.1, -0.05) is 12.1 Å². The molecule has 15 heteroatoms. The van der Waals surface area contributed by atoms with Gasteiger partial charge in [-0.3, -0.25) is 9.20 Å². The van der Waals surface area contributed by atoms with Crippen molar-refractivity contribution in [2.75, 3.05) is 47.2 Å². The smallest absolute Gasteiger partial charge is 0.259 e. The van der Waals surface area contributed by atoms with Gasteiger partial charge in [0.05, 0.1) is 46.8 Å². The number of rotatable bonds is 14. The number of ether oxygens (including phenoxy) is 2. The number of nitrogens with one attached hydrogen (secondary N) is 2. The molecule has 1 aliphatic rings. The summed E-state index contributed by atoms with van der Waals surface area (Å²) in [5.41, 5.74) is 5.09. The second kappa shape index (κ2) is 17.4. The molecule has 0 spiro atoms. The molecule has 308 valence electrons. The molecule has 1 fully saturated rings. The van der Waals surface area contributed by atoms with Gasteiger partial charge < -0.3 is 25.0 Å². The van der Waals surface area contributed by atoms with Gasteiger partial charge in [0.15, 0.2) is 0 Å². The predicted octanol–water partition coefficient (Wildman–Crippen LogP) is 8.88. The highest BCUT2D eigenvalue weighted by Gasteiger charge is 2.25. The number of halogens is 2. The molecule has 7 rings (SSSR count). The second-order valence-electron chi connectivity index (χ2n) is 15.0. The van der Waals surface area contributed by atoms with E-state index in [0.717, 1.165) is 49.3 Å². The molecule has 0 radical (unpaired) electrons. The number of fused-ring (bicyclic) bond motifs is 1. The molecule has 4 heterocycles. The van der Waals surface area contributed by atoms with Crippen LogP contribution in [0.1, 0.15) is 56.0 Å². The Morgan fingerprint density at radius 2 is 1.73 bits per heavy atom. The number of benzene rings is 3. The summed E-state index contributed by atoms with van der Waals surface area (Å²) in [6.45, 7) is 9.69. The van der Waals surface area contributed by atoms with Gasteiger partial charge in [-0.25, -0.2) is 32.2 Å². The number of imidazole rings is 1. The first-order valence-electron chi connectivity index (χ1n) is 19.6. The summed E-state index contributed by atoms with van der Waals surface area (Å²) in [5.74, 6) is -0.789. The summed E-state index contributed by atoms with van der Waals surface area (Å²) in [7, 11) is -2.99. The van der Waals surface area contributed by atoms with Crippen LogP contribution in [0.25, 0.3) is 28.3 Å². The molecule has 12 nitrogen and oxygen atoms in total. The van der Waals surface area contributed by atoms with Crippen LogP contribution in [0.15, 0.2) is 85.2 Å². The highest BCUT2D eigenvalue weighted by Crippen LogP contribution is 2.39. The van der Waals surface area contributed by atoms with Crippen molar-refractivity contribution in [2.45, 2.75) is 53.1 Å². The Balaban J connectivity index is 1.21. The standard InChI is InChI=1S/C44H47F2N7O5S/c1-6-57-38-26-36(52-21-16-29(17-22-52)18-23-59(5,55)56)28(4)24-35(38)49-44-47-19-15-34(48-44)42-40(50-39-12-7-8-20-53(39)42)30-13-14-37(58-27(2)3)31(25-30)43(54)51-41-32(45)10-9-11-33(41)46/h7-15,19-20,24-27,29H,6,16-18,21-23H2,1-5H3,(H,51,54)(H,47,48,49). The lowest BCUT2D eigenvalue weighted by Crippen LogP contribution is -2.34. The topological polar surface area (TPSA) is 140 Å².